The van der Waals surface area contributed by atoms with Gasteiger partial charge in [-0.3, -0.25) is 14.4 Å². The van der Waals surface area contributed by atoms with Gasteiger partial charge in [-0.2, -0.15) is 0 Å². The average Bonchev–Trinajstić information content (AvgIpc) is 2.66. The van der Waals surface area contributed by atoms with E-state index in [-0.39, 0.29) is 17.8 Å². The highest BCUT2D eigenvalue weighted by molar-refractivity contribution is 5.99. The third-order valence-electron chi connectivity index (χ3n) is 4.82. The number of benzene rings is 2. The third-order valence-corrected chi connectivity index (χ3v) is 4.82. The van der Waals surface area contributed by atoms with Crippen molar-refractivity contribution >= 4 is 22.6 Å². The lowest BCUT2D eigenvalue weighted by Gasteiger charge is -2.35. The summed E-state index contributed by atoms with van der Waals surface area (Å²) in [5, 5.41) is 1.19. The van der Waals surface area contributed by atoms with Crippen LogP contribution in [0.5, 0.6) is 0 Å². The number of aromatic amines is 1. The molecule has 3 aromatic rings. The zero-order chi connectivity index (χ0) is 18.3. The molecule has 130 valence electrons. The summed E-state index contributed by atoms with van der Waals surface area (Å²) in [6.45, 7) is 0.275. The first-order valence-corrected chi connectivity index (χ1v) is 8.34. The Balaban J connectivity index is 1.77. The maximum Gasteiger partial charge on any atom is 0.271 e. The lowest BCUT2D eigenvalue weighted by atomic mass is 9.93. The van der Waals surface area contributed by atoms with Gasteiger partial charge in [0.15, 0.2) is 0 Å². The Morgan fingerprint density at radius 2 is 1.73 bits per heavy atom. The predicted molar refractivity (Wildman–Crippen MR) is 97.6 cm³/mol. The van der Waals surface area contributed by atoms with Gasteiger partial charge in [0.05, 0.1) is 0 Å². The maximum absolute atomic E-state index is 13.1. The highest BCUT2D eigenvalue weighted by atomic mass is 16.2. The molecule has 0 saturated carbocycles. The van der Waals surface area contributed by atoms with Gasteiger partial charge in [-0.05, 0) is 28.6 Å². The van der Waals surface area contributed by atoms with E-state index < -0.39 is 17.9 Å². The van der Waals surface area contributed by atoms with Crippen molar-refractivity contribution in [1.82, 2.24) is 9.88 Å². The number of hydrogen-bond donors (Lipinski definition) is 2. The molecule has 4 rings (SSSR count). The number of hydrogen-bond acceptors (Lipinski definition) is 3. The van der Waals surface area contributed by atoms with Crippen LogP contribution in [0.25, 0.3) is 10.8 Å². The van der Waals surface area contributed by atoms with Crippen LogP contribution in [0.3, 0.4) is 0 Å². The summed E-state index contributed by atoms with van der Waals surface area (Å²) >= 11 is 0. The molecule has 0 aliphatic carbocycles. The minimum Gasteiger partial charge on any atom is -0.368 e. The van der Waals surface area contributed by atoms with E-state index in [0.29, 0.717) is 17.2 Å². The van der Waals surface area contributed by atoms with E-state index >= 15 is 0 Å². The summed E-state index contributed by atoms with van der Waals surface area (Å²) in [6, 6.07) is 15.6. The second-order valence-electron chi connectivity index (χ2n) is 6.42. The number of nitrogens with one attached hydrogen (secondary N) is 1. The molecule has 0 radical (unpaired) electrons. The first-order valence-electron chi connectivity index (χ1n) is 8.34. The highest BCUT2D eigenvalue weighted by Gasteiger charge is 2.34. The number of rotatable bonds is 2. The van der Waals surface area contributed by atoms with Crippen LogP contribution in [-0.2, 0) is 17.8 Å². The molecule has 26 heavy (non-hydrogen) atoms. The topological polar surface area (TPSA) is 96.3 Å². The van der Waals surface area contributed by atoms with Gasteiger partial charge in [0.1, 0.15) is 11.7 Å². The Bertz CT molecular complexity index is 1090. The summed E-state index contributed by atoms with van der Waals surface area (Å²) in [5.74, 6) is -0.970. The van der Waals surface area contributed by atoms with Gasteiger partial charge in [0, 0.05) is 18.4 Å². The molecule has 6 heteroatoms. The lowest BCUT2D eigenvalue weighted by molar-refractivity contribution is -0.122. The van der Waals surface area contributed by atoms with Crippen molar-refractivity contribution in [2.45, 2.75) is 19.0 Å². The Hall–Kier alpha value is -3.41. The van der Waals surface area contributed by atoms with Gasteiger partial charge in [-0.15, -0.1) is 0 Å². The van der Waals surface area contributed by atoms with E-state index in [9.17, 15) is 14.4 Å². The average molecular weight is 347 g/mol. The maximum atomic E-state index is 13.1. The molecule has 2 amide bonds. The van der Waals surface area contributed by atoms with Crippen molar-refractivity contribution in [1.29, 1.82) is 0 Å². The molecule has 6 nitrogen and oxygen atoms in total. The highest BCUT2D eigenvalue weighted by Crippen LogP contribution is 2.25. The van der Waals surface area contributed by atoms with E-state index in [1.807, 2.05) is 24.3 Å². The number of amides is 2. The van der Waals surface area contributed by atoms with E-state index in [2.05, 4.69) is 4.98 Å². The molecule has 0 saturated heterocycles. The molecular weight excluding hydrogens is 330 g/mol. The fourth-order valence-electron chi connectivity index (χ4n) is 3.47. The van der Waals surface area contributed by atoms with Crippen LogP contribution >= 0.6 is 0 Å². The molecule has 1 aliphatic rings. The van der Waals surface area contributed by atoms with Gasteiger partial charge >= 0.3 is 0 Å². The fourth-order valence-corrected chi connectivity index (χ4v) is 3.47. The van der Waals surface area contributed by atoms with Gasteiger partial charge in [-0.25, -0.2) is 0 Å². The molecule has 1 atom stereocenters. The normalized spacial score (nSPS) is 16.3. The van der Waals surface area contributed by atoms with E-state index in [1.54, 1.807) is 30.3 Å². The number of aromatic nitrogens is 1. The molecule has 0 bridgehead atoms. The number of nitrogens with zero attached hydrogens (tertiary/aromatic N) is 1. The zero-order valence-electron chi connectivity index (χ0n) is 13.9. The van der Waals surface area contributed by atoms with Crippen LogP contribution in [0.2, 0.25) is 0 Å². The Morgan fingerprint density at radius 1 is 1.04 bits per heavy atom. The third kappa shape index (κ3) is 2.65. The summed E-state index contributed by atoms with van der Waals surface area (Å²) in [5.41, 5.74) is 7.35. The second kappa shape index (κ2) is 6.15. The standard InChI is InChI=1S/C20H17N3O3/c21-18(24)17-10-12-5-1-2-7-14(12)11-23(17)20(26)16-9-13-6-3-4-8-15(13)19(25)22-16/h1-9,17H,10-11H2,(H2,21,24)(H,22,25)/t17-/m0/s1. The van der Waals surface area contributed by atoms with Crippen LogP contribution in [0.4, 0.5) is 0 Å². The van der Waals surface area contributed by atoms with Gasteiger partial charge in [0.2, 0.25) is 5.91 Å². The molecular formula is C20H17N3O3. The molecule has 2 heterocycles. The molecule has 0 fully saturated rings. The Morgan fingerprint density at radius 3 is 2.50 bits per heavy atom. The monoisotopic (exact) mass is 347 g/mol. The van der Waals surface area contributed by atoms with Gasteiger partial charge in [0.25, 0.3) is 11.5 Å². The number of carbonyl (C=O) groups is 2. The van der Waals surface area contributed by atoms with Crippen molar-refractivity contribution in [2.75, 3.05) is 0 Å². The molecule has 0 spiro atoms. The molecule has 3 N–H and O–H groups in total. The summed E-state index contributed by atoms with van der Waals surface area (Å²) in [4.78, 5) is 41.4. The van der Waals surface area contributed by atoms with Crippen LogP contribution in [0.15, 0.2) is 59.4 Å². The molecule has 0 unspecified atom stereocenters. The summed E-state index contributed by atoms with van der Waals surface area (Å²) in [7, 11) is 0. The SMILES string of the molecule is NC(=O)[C@@H]1Cc2ccccc2CN1C(=O)c1cc2ccccc2c(=O)[nH]1. The summed E-state index contributed by atoms with van der Waals surface area (Å²) in [6.07, 6.45) is 0.370. The first-order chi connectivity index (χ1) is 12.5. The lowest BCUT2D eigenvalue weighted by Crippen LogP contribution is -2.51. The number of H-pyrrole nitrogens is 1. The number of nitrogens with two attached hydrogens (primary N) is 1. The second-order valence-corrected chi connectivity index (χ2v) is 6.42. The van der Waals surface area contributed by atoms with E-state index in [0.717, 1.165) is 11.1 Å². The van der Waals surface area contributed by atoms with Crippen molar-refractivity contribution in [3.8, 4) is 0 Å². The molecule has 1 aliphatic heterocycles. The van der Waals surface area contributed by atoms with Crippen LogP contribution in [0.1, 0.15) is 21.6 Å². The van der Waals surface area contributed by atoms with Crippen molar-refractivity contribution in [3.05, 3.63) is 81.8 Å². The van der Waals surface area contributed by atoms with Crippen molar-refractivity contribution in [2.24, 2.45) is 5.73 Å². The minimum absolute atomic E-state index is 0.152. The van der Waals surface area contributed by atoms with Crippen LogP contribution in [0, 0.1) is 0 Å². The zero-order valence-corrected chi connectivity index (χ0v) is 13.9. The summed E-state index contributed by atoms with van der Waals surface area (Å²) < 4.78 is 0. The quantitative estimate of drug-likeness (QED) is 0.736. The predicted octanol–water partition coefficient (Wildman–Crippen LogP) is 1.58. The van der Waals surface area contributed by atoms with Crippen LogP contribution < -0.4 is 11.3 Å². The van der Waals surface area contributed by atoms with E-state index in [1.165, 1.54) is 4.90 Å². The molecule has 2 aromatic carbocycles. The fraction of sp³-hybridized carbons (Fsp3) is 0.150. The van der Waals surface area contributed by atoms with Gasteiger partial charge < -0.3 is 15.6 Å². The van der Waals surface area contributed by atoms with Crippen molar-refractivity contribution < 1.29 is 9.59 Å². The van der Waals surface area contributed by atoms with Gasteiger partial charge in [-0.1, -0.05) is 42.5 Å². The first kappa shape index (κ1) is 16.1. The number of fused-ring (bicyclic) bond motifs is 2. The smallest absolute Gasteiger partial charge is 0.271 e. The van der Waals surface area contributed by atoms with Crippen molar-refractivity contribution in [3.63, 3.8) is 0 Å². The van der Waals surface area contributed by atoms with Crippen LogP contribution in [-0.4, -0.2) is 27.7 Å². The Kier molecular flexibility index (Phi) is 3.80. The number of primary amides is 1. The number of carbonyl (C=O) groups excluding carboxylic acids is 2. The Labute approximate surface area is 149 Å². The minimum atomic E-state index is -0.743. The largest absolute Gasteiger partial charge is 0.368 e. The molecule has 1 aromatic heterocycles. The number of pyridine rings is 1. The van der Waals surface area contributed by atoms with E-state index in [4.69, 9.17) is 5.73 Å².